The second-order valence-electron chi connectivity index (χ2n) is 10.6. The molecule has 1 aliphatic rings. The molecule has 2 aromatic carbocycles. The zero-order valence-corrected chi connectivity index (χ0v) is 23.5. The van der Waals surface area contributed by atoms with E-state index >= 15 is 0 Å². The van der Waals surface area contributed by atoms with Crippen molar-refractivity contribution < 1.29 is 14.3 Å². The average Bonchev–Trinajstić information content (AvgIpc) is 3.02. The minimum absolute atomic E-state index is 0.0633. The van der Waals surface area contributed by atoms with Gasteiger partial charge in [0.15, 0.2) is 5.49 Å². The van der Waals surface area contributed by atoms with E-state index in [1.165, 1.54) is 10.5 Å². The number of carbonyl (C=O) groups is 2. The number of fused-ring (bicyclic) bond motifs is 2. The average molecular weight is 561 g/mol. The molecule has 0 unspecified atom stereocenters. The summed E-state index contributed by atoms with van der Waals surface area (Å²) < 4.78 is 8.70. The second kappa shape index (κ2) is 11.9. The fraction of sp³-hybridized carbons (Fsp3) is 0.265. The van der Waals surface area contributed by atoms with Crippen molar-refractivity contribution in [2.45, 2.75) is 51.5 Å². The quantitative estimate of drug-likeness (QED) is 0.197. The Morgan fingerprint density at radius 3 is 2.38 bits per heavy atom. The van der Waals surface area contributed by atoms with Crippen molar-refractivity contribution in [3.05, 3.63) is 112 Å². The van der Waals surface area contributed by atoms with Crippen molar-refractivity contribution in [1.82, 2.24) is 14.0 Å². The molecule has 1 fully saturated rings. The van der Waals surface area contributed by atoms with Gasteiger partial charge in [-0.15, -0.1) is 0 Å². The molecule has 0 N–H and O–H groups in total. The molecule has 0 aliphatic heterocycles. The number of rotatable bonds is 6. The SMILES string of the molecule is CCOC(=O)c1cc2c(=O)n3ccccc3nc2n(C2CCCCC2)c1=NC(=O)Cc1ccc(-c2ccccc2)cc1. The highest BCUT2D eigenvalue weighted by Crippen LogP contribution is 2.29. The van der Waals surface area contributed by atoms with Gasteiger partial charge in [0.05, 0.1) is 18.4 Å². The molecule has 0 atom stereocenters. The Hall–Kier alpha value is -4.85. The van der Waals surface area contributed by atoms with Gasteiger partial charge in [-0.2, -0.15) is 4.99 Å². The Bertz CT molecular complexity index is 1900. The Labute approximate surface area is 243 Å². The highest BCUT2D eigenvalue weighted by atomic mass is 16.5. The van der Waals surface area contributed by atoms with E-state index in [-0.39, 0.29) is 41.1 Å². The number of amides is 1. The van der Waals surface area contributed by atoms with Gasteiger partial charge in [-0.25, -0.2) is 9.78 Å². The van der Waals surface area contributed by atoms with Gasteiger partial charge in [0.1, 0.15) is 16.9 Å². The van der Waals surface area contributed by atoms with Gasteiger partial charge in [0.2, 0.25) is 0 Å². The maximum absolute atomic E-state index is 13.6. The van der Waals surface area contributed by atoms with Crippen LogP contribution in [0.4, 0.5) is 0 Å². The topological polar surface area (TPSA) is 95.0 Å². The molecular formula is C34H32N4O4. The molecule has 6 rings (SSSR count). The van der Waals surface area contributed by atoms with Crippen LogP contribution in [0.2, 0.25) is 0 Å². The molecule has 1 amide bonds. The maximum atomic E-state index is 13.6. The lowest BCUT2D eigenvalue weighted by Gasteiger charge is -2.27. The molecule has 1 saturated carbocycles. The van der Waals surface area contributed by atoms with Crippen molar-refractivity contribution in [3.63, 3.8) is 0 Å². The molecule has 0 spiro atoms. The van der Waals surface area contributed by atoms with E-state index in [4.69, 9.17) is 9.72 Å². The van der Waals surface area contributed by atoms with Gasteiger partial charge in [0, 0.05) is 12.2 Å². The van der Waals surface area contributed by atoms with Gasteiger partial charge in [0.25, 0.3) is 11.5 Å². The van der Waals surface area contributed by atoms with Crippen molar-refractivity contribution in [1.29, 1.82) is 0 Å². The van der Waals surface area contributed by atoms with Crippen molar-refractivity contribution in [3.8, 4) is 11.1 Å². The summed E-state index contributed by atoms with van der Waals surface area (Å²) in [7, 11) is 0. The largest absolute Gasteiger partial charge is 0.462 e. The van der Waals surface area contributed by atoms with Gasteiger partial charge in [-0.1, -0.05) is 79.9 Å². The fourth-order valence-electron chi connectivity index (χ4n) is 5.78. The van der Waals surface area contributed by atoms with E-state index in [9.17, 15) is 14.4 Å². The summed E-state index contributed by atoms with van der Waals surface area (Å²) in [4.78, 5) is 49.8. The summed E-state index contributed by atoms with van der Waals surface area (Å²) in [5.41, 5.74) is 3.88. The molecule has 8 nitrogen and oxygen atoms in total. The molecule has 3 aromatic heterocycles. The molecule has 0 saturated heterocycles. The summed E-state index contributed by atoms with van der Waals surface area (Å²) in [6.07, 6.45) is 6.49. The number of hydrogen-bond acceptors (Lipinski definition) is 5. The minimum atomic E-state index is -0.625. The first kappa shape index (κ1) is 27.3. The van der Waals surface area contributed by atoms with Crippen LogP contribution < -0.4 is 11.0 Å². The lowest BCUT2D eigenvalue weighted by atomic mass is 9.94. The van der Waals surface area contributed by atoms with Crippen LogP contribution in [0.3, 0.4) is 0 Å². The molecule has 8 heteroatoms. The number of pyridine rings is 2. The molecule has 212 valence electrons. The number of benzene rings is 2. The first-order chi connectivity index (χ1) is 20.5. The van der Waals surface area contributed by atoms with Crippen molar-refractivity contribution in [2.24, 2.45) is 4.99 Å². The Balaban J connectivity index is 1.51. The molecular weight excluding hydrogens is 528 g/mol. The molecule has 3 heterocycles. The van der Waals surface area contributed by atoms with E-state index in [0.29, 0.717) is 11.3 Å². The summed E-state index contributed by atoms with van der Waals surface area (Å²) in [5, 5.41) is 0.287. The van der Waals surface area contributed by atoms with Crippen LogP contribution in [0.5, 0.6) is 0 Å². The third-order valence-electron chi connectivity index (χ3n) is 7.82. The van der Waals surface area contributed by atoms with Gasteiger partial charge >= 0.3 is 5.97 Å². The second-order valence-corrected chi connectivity index (χ2v) is 10.6. The number of ether oxygens (including phenoxy) is 1. The zero-order chi connectivity index (χ0) is 29.1. The van der Waals surface area contributed by atoms with E-state index < -0.39 is 11.9 Å². The monoisotopic (exact) mass is 560 g/mol. The third-order valence-corrected chi connectivity index (χ3v) is 7.82. The van der Waals surface area contributed by atoms with Crippen molar-refractivity contribution in [2.75, 3.05) is 6.61 Å². The predicted octanol–water partition coefficient (Wildman–Crippen LogP) is 5.67. The van der Waals surface area contributed by atoms with Crippen LogP contribution in [0, 0.1) is 0 Å². The number of esters is 1. The van der Waals surface area contributed by atoms with E-state index in [1.54, 1.807) is 25.3 Å². The molecule has 1 aliphatic carbocycles. The molecule has 0 radical (unpaired) electrons. The van der Waals surface area contributed by atoms with Crippen LogP contribution in [-0.2, 0) is 16.0 Å². The van der Waals surface area contributed by atoms with Crippen molar-refractivity contribution >= 4 is 28.6 Å². The summed E-state index contributed by atoms with van der Waals surface area (Å²) in [6, 6.07) is 24.6. The van der Waals surface area contributed by atoms with Gasteiger partial charge < -0.3 is 9.30 Å². The van der Waals surface area contributed by atoms with E-state index in [1.807, 2.05) is 65.2 Å². The zero-order valence-electron chi connectivity index (χ0n) is 23.5. The first-order valence-corrected chi connectivity index (χ1v) is 14.5. The predicted molar refractivity (Wildman–Crippen MR) is 161 cm³/mol. The lowest BCUT2D eigenvalue weighted by Crippen LogP contribution is -2.35. The highest BCUT2D eigenvalue weighted by molar-refractivity contribution is 5.94. The van der Waals surface area contributed by atoms with Crippen LogP contribution >= 0.6 is 0 Å². The van der Waals surface area contributed by atoms with Gasteiger partial charge in [-0.3, -0.25) is 14.0 Å². The smallest absolute Gasteiger partial charge is 0.341 e. The van der Waals surface area contributed by atoms with Gasteiger partial charge in [-0.05, 0) is 54.7 Å². The van der Waals surface area contributed by atoms with Crippen LogP contribution in [0.15, 0.2) is 94.8 Å². The first-order valence-electron chi connectivity index (χ1n) is 14.5. The number of hydrogen-bond donors (Lipinski definition) is 0. The normalized spacial score (nSPS) is 14.4. The van der Waals surface area contributed by atoms with Crippen LogP contribution in [-0.4, -0.2) is 32.4 Å². The van der Waals surface area contributed by atoms with Crippen LogP contribution in [0.25, 0.3) is 27.8 Å². The summed E-state index contributed by atoms with van der Waals surface area (Å²) >= 11 is 0. The highest BCUT2D eigenvalue weighted by Gasteiger charge is 2.25. The minimum Gasteiger partial charge on any atom is -0.462 e. The Kier molecular flexibility index (Phi) is 7.77. The Morgan fingerprint density at radius 1 is 0.929 bits per heavy atom. The number of carbonyl (C=O) groups excluding carboxylic acids is 2. The van der Waals surface area contributed by atoms with E-state index in [0.717, 1.165) is 48.8 Å². The maximum Gasteiger partial charge on any atom is 0.341 e. The van der Waals surface area contributed by atoms with Crippen LogP contribution in [0.1, 0.15) is 61.0 Å². The number of aromatic nitrogens is 3. The fourth-order valence-corrected chi connectivity index (χ4v) is 5.78. The summed E-state index contributed by atoms with van der Waals surface area (Å²) in [6.45, 7) is 1.87. The molecule has 0 bridgehead atoms. The molecule has 42 heavy (non-hydrogen) atoms. The standard InChI is InChI=1S/C34H32N4O4/c1-2-42-34(41)28-22-27-31(35-29-15-9-10-20-37(29)33(27)40)38(26-13-7-4-8-14-26)32(28)36-30(39)21-23-16-18-25(19-17-23)24-11-5-3-6-12-24/h3,5-6,9-12,15-20,22,26H,2,4,7-8,13-14,21H2,1H3. The number of nitrogens with zero attached hydrogens (tertiary/aromatic N) is 4. The third kappa shape index (κ3) is 5.40. The summed E-state index contributed by atoms with van der Waals surface area (Å²) in [5.74, 6) is -1.02. The Morgan fingerprint density at radius 2 is 1.64 bits per heavy atom. The van der Waals surface area contributed by atoms with E-state index in [2.05, 4.69) is 4.99 Å². The lowest BCUT2D eigenvalue weighted by molar-refractivity contribution is -0.117. The molecule has 5 aromatic rings.